The van der Waals surface area contributed by atoms with Gasteiger partial charge in [-0.05, 0) is 40.0 Å². The Morgan fingerprint density at radius 2 is 1.23 bits per heavy atom. The second kappa shape index (κ2) is 4.81. The molecule has 4 rings (SSSR count). The molecule has 3 aromatic rings. The standard InChI is InChI=1S/C21H14O/c1-14-17-9-5-6-10-18(17)21(22)19-12-11-16(13-20(14)19)15-7-3-2-4-8-15/h2-13H,1H2. The van der Waals surface area contributed by atoms with Gasteiger partial charge in [0.05, 0.1) is 0 Å². The molecule has 0 aliphatic heterocycles. The van der Waals surface area contributed by atoms with Crippen LogP contribution in [-0.2, 0) is 0 Å². The van der Waals surface area contributed by atoms with E-state index in [0.717, 1.165) is 39.0 Å². The Morgan fingerprint density at radius 1 is 0.591 bits per heavy atom. The number of ketones is 1. The Morgan fingerprint density at radius 3 is 2.00 bits per heavy atom. The third-order valence-electron chi connectivity index (χ3n) is 4.19. The average molecular weight is 282 g/mol. The van der Waals surface area contributed by atoms with Crippen molar-refractivity contribution in [2.75, 3.05) is 0 Å². The van der Waals surface area contributed by atoms with Gasteiger partial charge >= 0.3 is 0 Å². The SMILES string of the molecule is C=C1c2ccccc2C(=O)c2ccc(-c3ccccc3)cc21. The van der Waals surface area contributed by atoms with Crippen LogP contribution in [0.1, 0.15) is 27.0 Å². The van der Waals surface area contributed by atoms with Gasteiger partial charge in [0.15, 0.2) is 5.78 Å². The molecule has 0 unspecified atom stereocenters. The third-order valence-corrected chi connectivity index (χ3v) is 4.19. The molecular weight excluding hydrogens is 268 g/mol. The molecule has 1 heteroatoms. The predicted molar refractivity (Wildman–Crippen MR) is 89.9 cm³/mol. The van der Waals surface area contributed by atoms with Gasteiger partial charge in [-0.15, -0.1) is 0 Å². The van der Waals surface area contributed by atoms with Gasteiger partial charge in [0, 0.05) is 11.1 Å². The summed E-state index contributed by atoms with van der Waals surface area (Å²) in [6, 6.07) is 23.9. The maximum Gasteiger partial charge on any atom is 0.194 e. The third kappa shape index (κ3) is 1.83. The minimum absolute atomic E-state index is 0.0811. The van der Waals surface area contributed by atoms with Crippen LogP contribution in [0.25, 0.3) is 16.7 Å². The van der Waals surface area contributed by atoms with Gasteiger partial charge in [-0.25, -0.2) is 0 Å². The fraction of sp³-hybridized carbons (Fsp3) is 0. The number of carbonyl (C=O) groups is 1. The van der Waals surface area contributed by atoms with Crippen molar-refractivity contribution in [3.05, 3.63) is 102 Å². The quantitative estimate of drug-likeness (QED) is 0.482. The molecule has 0 spiro atoms. The summed E-state index contributed by atoms with van der Waals surface area (Å²) in [4.78, 5) is 12.7. The molecule has 104 valence electrons. The van der Waals surface area contributed by atoms with E-state index in [-0.39, 0.29) is 5.78 Å². The molecule has 0 aromatic heterocycles. The van der Waals surface area contributed by atoms with Crippen LogP contribution in [0.15, 0.2) is 79.4 Å². The van der Waals surface area contributed by atoms with Gasteiger partial charge in [0.2, 0.25) is 0 Å². The lowest BCUT2D eigenvalue weighted by atomic mass is 9.81. The van der Waals surface area contributed by atoms with Crippen molar-refractivity contribution in [1.29, 1.82) is 0 Å². The van der Waals surface area contributed by atoms with Crippen molar-refractivity contribution in [3.8, 4) is 11.1 Å². The zero-order valence-corrected chi connectivity index (χ0v) is 12.0. The van der Waals surface area contributed by atoms with Crippen molar-refractivity contribution in [2.24, 2.45) is 0 Å². The van der Waals surface area contributed by atoms with E-state index in [0.29, 0.717) is 0 Å². The van der Waals surface area contributed by atoms with Crippen LogP contribution in [0, 0.1) is 0 Å². The van der Waals surface area contributed by atoms with Gasteiger partial charge in [-0.3, -0.25) is 4.79 Å². The van der Waals surface area contributed by atoms with E-state index in [1.54, 1.807) is 0 Å². The van der Waals surface area contributed by atoms with Crippen molar-refractivity contribution in [1.82, 2.24) is 0 Å². The molecule has 0 atom stereocenters. The lowest BCUT2D eigenvalue weighted by Crippen LogP contribution is -2.13. The molecule has 1 nitrogen and oxygen atoms in total. The first-order valence-corrected chi connectivity index (χ1v) is 7.28. The zero-order valence-electron chi connectivity index (χ0n) is 12.0. The Balaban J connectivity index is 1.91. The molecule has 0 N–H and O–H groups in total. The van der Waals surface area contributed by atoms with Crippen molar-refractivity contribution in [3.63, 3.8) is 0 Å². The van der Waals surface area contributed by atoms with Crippen LogP contribution in [0.2, 0.25) is 0 Å². The van der Waals surface area contributed by atoms with E-state index < -0.39 is 0 Å². The number of carbonyl (C=O) groups excluding carboxylic acids is 1. The van der Waals surface area contributed by atoms with E-state index in [9.17, 15) is 4.79 Å². The summed E-state index contributed by atoms with van der Waals surface area (Å²) in [7, 11) is 0. The number of benzene rings is 3. The molecule has 0 radical (unpaired) electrons. The second-order valence-electron chi connectivity index (χ2n) is 5.48. The summed E-state index contributed by atoms with van der Waals surface area (Å²) in [6.07, 6.45) is 0. The summed E-state index contributed by atoms with van der Waals surface area (Å²) < 4.78 is 0. The van der Waals surface area contributed by atoms with Crippen LogP contribution in [0.5, 0.6) is 0 Å². The Bertz CT molecular complexity index is 904. The van der Waals surface area contributed by atoms with Crippen LogP contribution in [-0.4, -0.2) is 5.78 Å². The highest BCUT2D eigenvalue weighted by molar-refractivity contribution is 6.18. The van der Waals surface area contributed by atoms with Gasteiger partial charge in [-0.1, -0.05) is 67.2 Å². The minimum Gasteiger partial charge on any atom is -0.289 e. The van der Waals surface area contributed by atoms with E-state index in [1.807, 2.05) is 54.6 Å². The summed E-state index contributed by atoms with van der Waals surface area (Å²) in [6.45, 7) is 4.21. The van der Waals surface area contributed by atoms with E-state index in [4.69, 9.17) is 0 Å². The molecule has 3 aromatic carbocycles. The summed E-state index contributed by atoms with van der Waals surface area (Å²) in [5.41, 5.74) is 6.52. The number of hydrogen-bond acceptors (Lipinski definition) is 1. The number of hydrogen-bond donors (Lipinski definition) is 0. The Hall–Kier alpha value is -2.93. The monoisotopic (exact) mass is 282 g/mol. The molecule has 0 bridgehead atoms. The fourth-order valence-corrected chi connectivity index (χ4v) is 3.04. The van der Waals surface area contributed by atoms with E-state index in [1.165, 1.54) is 0 Å². The normalized spacial score (nSPS) is 12.7. The molecule has 0 amide bonds. The number of rotatable bonds is 1. The molecule has 0 fully saturated rings. The smallest absolute Gasteiger partial charge is 0.194 e. The lowest BCUT2D eigenvalue weighted by Gasteiger charge is -2.21. The summed E-state index contributed by atoms with van der Waals surface area (Å²) >= 11 is 0. The minimum atomic E-state index is 0.0811. The zero-order chi connectivity index (χ0) is 15.1. The van der Waals surface area contributed by atoms with Gasteiger partial charge in [-0.2, -0.15) is 0 Å². The molecular formula is C21H14O. The lowest BCUT2D eigenvalue weighted by molar-refractivity contribution is 0.103. The molecule has 0 heterocycles. The highest BCUT2D eigenvalue weighted by Gasteiger charge is 2.25. The topological polar surface area (TPSA) is 17.1 Å². The maximum atomic E-state index is 12.7. The van der Waals surface area contributed by atoms with E-state index >= 15 is 0 Å². The van der Waals surface area contributed by atoms with Crippen LogP contribution in [0.4, 0.5) is 0 Å². The van der Waals surface area contributed by atoms with Gasteiger partial charge < -0.3 is 0 Å². The predicted octanol–water partition coefficient (Wildman–Crippen LogP) is 4.96. The molecule has 1 aliphatic carbocycles. The van der Waals surface area contributed by atoms with Gasteiger partial charge in [0.1, 0.15) is 0 Å². The number of fused-ring (bicyclic) bond motifs is 2. The van der Waals surface area contributed by atoms with Crippen LogP contribution in [0.3, 0.4) is 0 Å². The van der Waals surface area contributed by atoms with Crippen LogP contribution >= 0.6 is 0 Å². The van der Waals surface area contributed by atoms with Crippen LogP contribution < -0.4 is 0 Å². The van der Waals surface area contributed by atoms with Crippen molar-refractivity contribution < 1.29 is 4.79 Å². The summed E-state index contributed by atoms with van der Waals surface area (Å²) in [5.74, 6) is 0.0811. The highest BCUT2D eigenvalue weighted by Crippen LogP contribution is 2.36. The first-order valence-electron chi connectivity index (χ1n) is 7.28. The van der Waals surface area contributed by atoms with Gasteiger partial charge in [0.25, 0.3) is 0 Å². The maximum absolute atomic E-state index is 12.7. The second-order valence-corrected chi connectivity index (χ2v) is 5.48. The van der Waals surface area contributed by atoms with E-state index in [2.05, 4.69) is 24.8 Å². The Labute approximate surface area is 129 Å². The van der Waals surface area contributed by atoms with Crippen molar-refractivity contribution >= 4 is 11.4 Å². The molecule has 22 heavy (non-hydrogen) atoms. The van der Waals surface area contributed by atoms with Crippen molar-refractivity contribution in [2.45, 2.75) is 0 Å². The first kappa shape index (κ1) is 12.8. The molecule has 1 aliphatic rings. The largest absolute Gasteiger partial charge is 0.289 e. The molecule has 0 saturated carbocycles. The Kier molecular flexibility index (Phi) is 2.80. The fourth-order valence-electron chi connectivity index (χ4n) is 3.04. The molecule has 0 saturated heterocycles. The summed E-state index contributed by atoms with van der Waals surface area (Å²) in [5, 5.41) is 0. The first-order chi connectivity index (χ1) is 10.8. The highest BCUT2D eigenvalue weighted by atomic mass is 16.1. The average Bonchev–Trinajstić information content (AvgIpc) is 2.60.